The molecule has 2 heterocycles. The molecule has 2 rings (SSSR count). The van der Waals surface area contributed by atoms with Crippen LogP contribution in [0.15, 0.2) is 24.4 Å². The van der Waals surface area contributed by atoms with Gasteiger partial charge in [-0.1, -0.05) is 0 Å². The highest BCUT2D eigenvalue weighted by Crippen LogP contribution is 2.11. The van der Waals surface area contributed by atoms with Crippen molar-refractivity contribution < 1.29 is 0 Å². The number of fused-ring (bicyclic) bond motifs is 1. The highest BCUT2D eigenvalue weighted by molar-refractivity contribution is 5.75. The zero-order chi connectivity index (χ0) is 7.84. The van der Waals surface area contributed by atoms with Gasteiger partial charge in [-0.25, -0.2) is 0 Å². The van der Waals surface area contributed by atoms with Crippen molar-refractivity contribution in [3.63, 3.8) is 0 Å². The first-order valence-electron chi connectivity index (χ1n) is 3.66. The minimum atomic E-state index is 1.07. The van der Waals surface area contributed by atoms with Gasteiger partial charge in [0.1, 0.15) is 0 Å². The third-order valence-electron chi connectivity index (χ3n) is 1.88. The Kier molecular flexibility index (Phi) is 1.22. The first-order valence-corrected chi connectivity index (χ1v) is 3.66. The van der Waals surface area contributed by atoms with E-state index in [9.17, 15) is 0 Å². The molecule has 0 saturated heterocycles. The number of aryl methyl sites for hydroxylation is 2. The molecule has 0 N–H and O–H groups in total. The molecule has 0 unspecified atom stereocenters. The van der Waals surface area contributed by atoms with Gasteiger partial charge >= 0.3 is 0 Å². The molecule has 2 aromatic rings. The van der Waals surface area contributed by atoms with Crippen molar-refractivity contribution in [2.75, 3.05) is 0 Å². The summed E-state index contributed by atoms with van der Waals surface area (Å²) < 4.78 is 2.07. The molecule has 56 valence electrons. The van der Waals surface area contributed by atoms with Crippen LogP contribution in [-0.4, -0.2) is 9.55 Å². The van der Waals surface area contributed by atoms with Crippen molar-refractivity contribution in [1.29, 1.82) is 0 Å². The molecule has 0 aromatic carbocycles. The lowest BCUT2D eigenvalue weighted by Gasteiger charge is -1.95. The maximum atomic E-state index is 4.38. The van der Waals surface area contributed by atoms with Gasteiger partial charge in [0, 0.05) is 18.9 Å². The monoisotopic (exact) mass is 146 g/mol. The second-order valence-corrected chi connectivity index (χ2v) is 2.78. The highest BCUT2D eigenvalue weighted by Gasteiger charge is 1.96. The number of aromatic nitrogens is 2. The van der Waals surface area contributed by atoms with Crippen LogP contribution in [0.25, 0.3) is 11.0 Å². The van der Waals surface area contributed by atoms with E-state index in [1.165, 1.54) is 5.52 Å². The van der Waals surface area contributed by atoms with E-state index in [1.807, 2.05) is 32.3 Å². The van der Waals surface area contributed by atoms with Crippen LogP contribution in [0.2, 0.25) is 0 Å². The second-order valence-electron chi connectivity index (χ2n) is 2.78. The van der Waals surface area contributed by atoms with Crippen LogP contribution in [0.4, 0.5) is 0 Å². The summed E-state index contributed by atoms with van der Waals surface area (Å²) in [6, 6.07) is 6.16. The smallest absolute Gasteiger partial charge is 0.0884 e. The van der Waals surface area contributed by atoms with Crippen molar-refractivity contribution in [2.24, 2.45) is 7.05 Å². The van der Waals surface area contributed by atoms with Crippen molar-refractivity contribution in [3.8, 4) is 0 Å². The molecular formula is C9H10N2. The van der Waals surface area contributed by atoms with Crippen LogP contribution in [0.1, 0.15) is 5.69 Å². The van der Waals surface area contributed by atoms with E-state index in [-0.39, 0.29) is 0 Å². The molecule has 0 aliphatic carbocycles. The lowest BCUT2D eigenvalue weighted by molar-refractivity contribution is 0.967. The summed E-state index contributed by atoms with van der Waals surface area (Å²) in [5.74, 6) is 0. The summed E-state index contributed by atoms with van der Waals surface area (Å²) in [6.45, 7) is 2.01. The minimum Gasteiger partial charge on any atom is -0.349 e. The predicted octanol–water partition coefficient (Wildman–Crippen LogP) is 1.88. The Hall–Kier alpha value is -1.31. The maximum Gasteiger partial charge on any atom is 0.0884 e. The molecule has 0 radical (unpaired) electrons. The fourth-order valence-electron chi connectivity index (χ4n) is 1.25. The summed E-state index contributed by atoms with van der Waals surface area (Å²) in [4.78, 5) is 4.38. The molecule has 0 fully saturated rings. The first-order chi connectivity index (χ1) is 5.27. The maximum absolute atomic E-state index is 4.38. The summed E-state index contributed by atoms with van der Waals surface area (Å²) in [6.07, 6.45) is 2.02. The Morgan fingerprint density at radius 2 is 2.09 bits per heavy atom. The van der Waals surface area contributed by atoms with E-state index in [4.69, 9.17) is 0 Å². The summed E-state index contributed by atoms with van der Waals surface area (Å²) in [5.41, 5.74) is 3.34. The van der Waals surface area contributed by atoms with Crippen LogP contribution in [0.5, 0.6) is 0 Å². The van der Waals surface area contributed by atoms with E-state index in [1.54, 1.807) is 0 Å². The number of hydrogen-bond acceptors (Lipinski definition) is 1. The Labute approximate surface area is 65.5 Å². The van der Waals surface area contributed by atoms with Crippen molar-refractivity contribution in [1.82, 2.24) is 9.55 Å². The third-order valence-corrected chi connectivity index (χ3v) is 1.88. The van der Waals surface area contributed by atoms with Gasteiger partial charge in [-0.15, -0.1) is 0 Å². The first kappa shape index (κ1) is 6.40. The molecule has 0 spiro atoms. The van der Waals surface area contributed by atoms with Crippen LogP contribution in [0, 0.1) is 6.92 Å². The largest absolute Gasteiger partial charge is 0.349 e. The molecule has 0 bridgehead atoms. The number of pyridine rings is 1. The predicted molar refractivity (Wildman–Crippen MR) is 45.5 cm³/mol. The van der Waals surface area contributed by atoms with Crippen LogP contribution in [0.3, 0.4) is 0 Å². The molecule has 0 atom stereocenters. The lowest BCUT2D eigenvalue weighted by Crippen LogP contribution is -1.85. The van der Waals surface area contributed by atoms with E-state index in [2.05, 4.69) is 15.6 Å². The second kappa shape index (κ2) is 2.09. The highest BCUT2D eigenvalue weighted by atomic mass is 14.9. The summed E-state index contributed by atoms with van der Waals surface area (Å²) in [5, 5.41) is 0. The van der Waals surface area contributed by atoms with Gasteiger partial charge in [-0.3, -0.25) is 4.98 Å². The Bertz CT molecular complexity index is 387. The average Bonchev–Trinajstić information content (AvgIpc) is 2.32. The molecule has 2 aromatic heterocycles. The van der Waals surface area contributed by atoms with E-state index >= 15 is 0 Å². The molecular weight excluding hydrogens is 136 g/mol. The van der Waals surface area contributed by atoms with Crippen molar-refractivity contribution in [3.05, 3.63) is 30.1 Å². The Morgan fingerprint density at radius 1 is 1.27 bits per heavy atom. The third kappa shape index (κ3) is 0.909. The van der Waals surface area contributed by atoms with Gasteiger partial charge in [0.2, 0.25) is 0 Å². The molecule has 11 heavy (non-hydrogen) atoms. The van der Waals surface area contributed by atoms with Crippen molar-refractivity contribution >= 4 is 11.0 Å². The average molecular weight is 146 g/mol. The van der Waals surface area contributed by atoms with E-state index in [0.29, 0.717) is 0 Å². The lowest BCUT2D eigenvalue weighted by atomic mass is 10.3. The van der Waals surface area contributed by atoms with Crippen molar-refractivity contribution in [2.45, 2.75) is 6.92 Å². The number of hydrogen-bond donors (Lipinski definition) is 0. The van der Waals surface area contributed by atoms with E-state index in [0.717, 1.165) is 11.2 Å². The number of nitrogens with zero attached hydrogens (tertiary/aromatic N) is 2. The standard InChI is InChI=1S/C9H10N2/c1-7-3-4-9-8(10-7)5-6-11(9)2/h3-6H,1-2H3. The van der Waals surface area contributed by atoms with Crippen LogP contribution < -0.4 is 0 Å². The zero-order valence-corrected chi connectivity index (χ0v) is 6.70. The number of rotatable bonds is 0. The molecule has 0 aliphatic heterocycles. The van der Waals surface area contributed by atoms with Crippen LogP contribution in [-0.2, 0) is 7.05 Å². The molecule has 2 heteroatoms. The van der Waals surface area contributed by atoms with Gasteiger partial charge in [0.25, 0.3) is 0 Å². The fourth-order valence-corrected chi connectivity index (χ4v) is 1.25. The fraction of sp³-hybridized carbons (Fsp3) is 0.222. The molecule has 0 aliphatic rings. The quantitative estimate of drug-likeness (QED) is 0.555. The van der Waals surface area contributed by atoms with E-state index < -0.39 is 0 Å². The zero-order valence-electron chi connectivity index (χ0n) is 6.70. The van der Waals surface area contributed by atoms with Crippen LogP contribution >= 0.6 is 0 Å². The molecule has 0 saturated carbocycles. The Morgan fingerprint density at radius 3 is 2.91 bits per heavy atom. The SMILES string of the molecule is Cc1ccc2c(ccn2C)n1. The normalized spacial score (nSPS) is 10.7. The summed E-state index contributed by atoms with van der Waals surface area (Å²) in [7, 11) is 2.03. The van der Waals surface area contributed by atoms with Gasteiger partial charge < -0.3 is 4.57 Å². The summed E-state index contributed by atoms with van der Waals surface area (Å²) >= 11 is 0. The van der Waals surface area contributed by atoms with Gasteiger partial charge in [-0.05, 0) is 25.1 Å². The molecule has 2 nitrogen and oxygen atoms in total. The van der Waals surface area contributed by atoms with Gasteiger partial charge in [-0.2, -0.15) is 0 Å². The Balaban J connectivity index is 2.86. The van der Waals surface area contributed by atoms with Gasteiger partial charge in [0.05, 0.1) is 11.0 Å². The molecule has 0 amide bonds. The minimum absolute atomic E-state index is 1.07. The topological polar surface area (TPSA) is 17.8 Å². The van der Waals surface area contributed by atoms with Gasteiger partial charge in [0.15, 0.2) is 0 Å².